The number of alkyl halides is 1. The van der Waals surface area contributed by atoms with Gasteiger partial charge in [0.2, 0.25) is 0 Å². The molecule has 4 aromatic carbocycles. The fourth-order valence-electron chi connectivity index (χ4n) is 5.01. The highest BCUT2D eigenvalue weighted by Gasteiger charge is 2.30. The predicted molar refractivity (Wildman–Crippen MR) is 162 cm³/mol. The zero-order valence-corrected chi connectivity index (χ0v) is 23.5. The van der Waals surface area contributed by atoms with Crippen molar-refractivity contribution in [3.63, 3.8) is 0 Å². The van der Waals surface area contributed by atoms with Crippen LogP contribution in [0, 0.1) is 0 Å². The highest BCUT2D eigenvalue weighted by Crippen LogP contribution is 2.36. The van der Waals surface area contributed by atoms with Crippen LogP contribution in [0.3, 0.4) is 0 Å². The second kappa shape index (κ2) is 11.4. The Labute approximate surface area is 252 Å². The zero-order valence-electron chi connectivity index (χ0n) is 23.5. The average Bonchev–Trinajstić information content (AvgIpc) is 3.57. The summed E-state index contributed by atoms with van der Waals surface area (Å²) in [6.45, 7) is 1.18. The summed E-state index contributed by atoms with van der Waals surface area (Å²) in [5.74, 6) is 0.554. The van der Waals surface area contributed by atoms with E-state index in [-0.39, 0.29) is 0 Å². The molecule has 44 heavy (non-hydrogen) atoms. The van der Waals surface area contributed by atoms with Crippen LogP contribution in [0.4, 0.5) is 15.8 Å². The number of rotatable bonds is 9. The third kappa shape index (κ3) is 5.38. The summed E-state index contributed by atoms with van der Waals surface area (Å²) >= 11 is 0. The van der Waals surface area contributed by atoms with Gasteiger partial charge in [-0.1, -0.05) is 24.3 Å². The molecule has 0 radical (unpaired) electrons. The number of imide groups is 2. The molecular weight excluding hydrogens is 563 g/mol. The maximum Gasteiger partial charge on any atom is 0.258 e. The summed E-state index contributed by atoms with van der Waals surface area (Å²) in [4.78, 5) is 49.7. The Morgan fingerprint density at radius 1 is 0.500 bits per heavy atom. The van der Waals surface area contributed by atoms with Gasteiger partial charge in [0.05, 0.1) is 11.4 Å². The zero-order chi connectivity index (χ0) is 30.8. The average molecular weight is 589 g/mol. The molecule has 6 rings (SSSR count). The van der Waals surface area contributed by atoms with Crippen LogP contribution in [0.2, 0.25) is 0 Å². The molecule has 0 unspecified atom stereocenters. The van der Waals surface area contributed by atoms with E-state index in [1.165, 1.54) is 24.3 Å². The van der Waals surface area contributed by atoms with Crippen molar-refractivity contribution in [1.29, 1.82) is 0 Å². The van der Waals surface area contributed by atoms with Gasteiger partial charge < -0.3 is 9.47 Å². The number of carbonyl (C=O) groups excluding carboxylic acids is 4. The number of anilines is 2. The quantitative estimate of drug-likeness (QED) is 0.210. The Bertz CT molecular complexity index is 1640. The van der Waals surface area contributed by atoms with Crippen LogP contribution in [0.5, 0.6) is 23.0 Å². The SMILES string of the molecule is CC(CF)(c1ccc(Oc2ccc(N3C(=O)C=CC3=O)cc2)cc1)c1ccc(Oc2ccc(N3C(=O)C=CC3=O)cc2)cc1. The van der Waals surface area contributed by atoms with Gasteiger partial charge in [0.1, 0.15) is 29.7 Å². The van der Waals surface area contributed by atoms with Gasteiger partial charge in [0.15, 0.2) is 0 Å². The molecule has 8 nitrogen and oxygen atoms in total. The van der Waals surface area contributed by atoms with E-state index in [2.05, 4.69) is 0 Å². The van der Waals surface area contributed by atoms with Crippen molar-refractivity contribution in [3.05, 3.63) is 132 Å². The molecule has 0 fully saturated rings. The third-order valence-corrected chi connectivity index (χ3v) is 7.53. The third-order valence-electron chi connectivity index (χ3n) is 7.53. The van der Waals surface area contributed by atoms with E-state index in [0.717, 1.165) is 20.9 Å². The first-order chi connectivity index (χ1) is 21.2. The maximum absolute atomic E-state index is 14.6. The molecule has 4 amide bonds. The van der Waals surface area contributed by atoms with Crippen LogP contribution in [0.1, 0.15) is 18.1 Å². The van der Waals surface area contributed by atoms with Crippen LogP contribution < -0.4 is 19.3 Å². The van der Waals surface area contributed by atoms with E-state index in [0.29, 0.717) is 34.4 Å². The van der Waals surface area contributed by atoms with E-state index in [4.69, 9.17) is 9.47 Å². The Kier molecular flexibility index (Phi) is 7.36. The minimum absolute atomic E-state index is 0.391. The lowest BCUT2D eigenvalue weighted by Crippen LogP contribution is -2.29. The summed E-state index contributed by atoms with van der Waals surface area (Å²) in [6, 6.07) is 27.5. The number of hydrogen-bond acceptors (Lipinski definition) is 6. The smallest absolute Gasteiger partial charge is 0.258 e. The fraction of sp³-hybridized carbons (Fsp3) is 0.0857. The van der Waals surface area contributed by atoms with E-state index >= 15 is 0 Å². The molecule has 4 aromatic rings. The van der Waals surface area contributed by atoms with E-state index in [1.54, 1.807) is 72.8 Å². The maximum atomic E-state index is 14.6. The van der Waals surface area contributed by atoms with Gasteiger partial charge in [-0.25, -0.2) is 14.2 Å². The van der Waals surface area contributed by atoms with Gasteiger partial charge in [0, 0.05) is 29.7 Å². The van der Waals surface area contributed by atoms with Crippen molar-refractivity contribution in [1.82, 2.24) is 0 Å². The molecule has 0 spiro atoms. The lowest BCUT2D eigenvalue weighted by atomic mass is 9.77. The molecular formula is C35H25FN2O6. The van der Waals surface area contributed by atoms with Crippen LogP contribution in [0.15, 0.2) is 121 Å². The molecule has 2 aliphatic rings. The van der Waals surface area contributed by atoms with Gasteiger partial charge in [-0.2, -0.15) is 0 Å². The lowest BCUT2D eigenvalue weighted by Gasteiger charge is -2.28. The molecule has 0 aromatic heterocycles. The summed E-state index contributed by atoms with van der Waals surface area (Å²) in [7, 11) is 0. The van der Waals surface area contributed by atoms with Crippen LogP contribution in [-0.2, 0) is 24.6 Å². The van der Waals surface area contributed by atoms with E-state index in [1.807, 2.05) is 31.2 Å². The molecule has 2 heterocycles. The number of nitrogens with zero attached hydrogens (tertiary/aromatic N) is 2. The first kappa shape index (κ1) is 28.3. The molecule has 0 atom stereocenters. The number of benzene rings is 4. The first-order valence-electron chi connectivity index (χ1n) is 13.7. The molecule has 0 aliphatic carbocycles. The van der Waals surface area contributed by atoms with Crippen molar-refractivity contribution >= 4 is 35.0 Å². The van der Waals surface area contributed by atoms with Crippen molar-refractivity contribution in [3.8, 4) is 23.0 Å². The fourth-order valence-corrected chi connectivity index (χ4v) is 5.01. The normalized spacial score (nSPS) is 14.6. The van der Waals surface area contributed by atoms with Gasteiger partial charge in [-0.3, -0.25) is 19.2 Å². The minimum Gasteiger partial charge on any atom is -0.457 e. The van der Waals surface area contributed by atoms with E-state index < -0.39 is 35.7 Å². The summed E-state index contributed by atoms with van der Waals surface area (Å²) in [5.41, 5.74) is 1.49. The summed E-state index contributed by atoms with van der Waals surface area (Å²) in [5, 5.41) is 0. The molecule has 0 saturated carbocycles. The van der Waals surface area contributed by atoms with Gasteiger partial charge >= 0.3 is 0 Å². The van der Waals surface area contributed by atoms with Crippen molar-refractivity contribution in [2.45, 2.75) is 12.3 Å². The number of ether oxygens (including phenoxy) is 2. The highest BCUT2D eigenvalue weighted by atomic mass is 19.1. The molecule has 2 aliphatic heterocycles. The second-order valence-corrected chi connectivity index (χ2v) is 10.4. The Balaban J connectivity index is 1.11. The summed E-state index contributed by atoms with van der Waals surface area (Å²) in [6.07, 6.45) is 4.91. The van der Waals surface area contributed by atoms with Crippen LogP contribution in [0.25, 0.3) is 0 Å². The van der Waals surface area contributed by atoms with Crippen molar-refractivity contribution in [2.24, 2.45) is 0 Å². The summed E-state index contributed by atoms with van der Waals surface area (Å²) < 4.78 is 26.4. The van der Waals surface area contributed by atoms with Crippen LogP contribution >= 0.6 is 0 Å². The minimum atomic E-state index is -0.925. The van der Waals surface area contributed by atoms with Crippen LogP contribution in [-0.4, -0.2) is 30.3 Å². The Hall–Kier alpha value is -5.83. The first-order valence-corrected chi connectivity index (χ1v) is 13.7. The molecule has 0 N–H and O–H groups in total. The molecule has 0 saturated heterocycles. The topological polar surface area (TPSA) is 93.2 Å². The van der Waals surface area contributed by atoms with Gasteiger partial charge in [0.25, 0.3) is 23.6 Å². The number of carbonyl (C=O) groups is 4. The predicted octanol–water partition coefficient (Wildman–Crippen LogP) is 6.41. The Morgan fingerprint density at radius 2 is 0.773 bits per heavy atom. The van der Waals surface area contributed by atoms with Crippen molar-refractivity contribution < 1.29 is 33.0 Å². The number of hydrogen-bond donors (Lipinski definition) is 0. The van der Waals surface area contributed by atoms with Crippen molar-refractivity contribution in [2.75, 3.05) is 16.5 Å². The lowest BCUT2D eigenvalue weighted by molar-refractivity contribution is -0.121. The van der Waals surface area contributed by atoms with Gasteiger partial charge in [-0.05, 0) is 90.8 Å². The largest absolute Gasteiger partial charge is 0.457 e. The molecule has 218 valence electrons. The monoisotopic (exact) mass is 588 g/mol. The second-order valence-electron chi connectivity index (χ2n) is 10.4. The number of halogens is 1. The highest BCUT2D eigenvalue weighted by molar-refractivity contribution is 6.28. The standard InChI is InChI=1S/C35H25FN2O6/c1-35(22-36,23-2-10-27(11-3-23)43-29-14-6-25(7-15-29)37-31(39)18-19-32(37)40)24-4-12-28(13-5-24)44-30-16-8-26(9-17-30)38-33(41)20-21-34(38)42/h2-21H,22H2,1H3. The molecule has 9 heteroatoms. The van der Waals surface area contributed by atoms with E-state index in [9.17, 15) is 23.6 Å². The number of amides is 4. The Morgan fingerprint density at radius 3 is 1.05 bits per heavy atom. The molecule has 0 bridgehead atoms. The van der Waals surface area contributed by atoms with Gasteiger partial charge in [-0.15, -0.1) is 0 Å².